The summed E-state index contributed by atoms with van der Waals surface area (Å²) in [5.41, 5.74) is 1.40. The highest BCUT2D eigenvalue weighted by molar-refractivity contribution is 8.14. The van der Waals surface area contributed by atoms with Gasteiger partial charge in [-0.1, -0.05) is 48.5 Å². The lowest BCUT2D eigenvalue weighted by atomic mass is 9.84. The molecule has 1 aliphatic heterocycles. The molecule has 3 aliphatic rings. The Morgan fingerprint density at radius 3 is 2.76 bits per heavy atom. The van der Waals surface area contributed by atoms with E-state index in [1.54, 1.807) is 0 Å². The molecule has 1 aromatic rings. The van der Waals surface area contributed by atoms with E-state index in [1.807, 2.05) is 11.8 Å². The van der Waals surface area contributed by atoms with Crippen molar-refractivity contribution in [3.8, 4) is 0 Å². The molecule has 1 aromatic carbocycles. The zero-order valence-electron chi connectivity index (χ0n) is 12.7. The fourth-order valence-electron chi connectivity index (χ4n) is 4.50. The second kappa shape index (κ2) is 5.68. The fraction of sp³-hybridized carbons (Fsp3) is 0.611. The maximum Gasteiger partial charge on any atom is 0.157 e. The van der Waals surface area contributed by atoms with Gasteiger partial charge in [0.2, 0.25) is 0 Å². The highest BCUT2D eigenvalue weighted by Gasteiger charge is 2.42. The van der Waals surface area contributed by atoms with Crippen molar-refractivity contribution in [2.24, 2.45) is 22.7 Å². The third-order valence-corrected chi connectivity index (χ3v) is 6.79. The molecule has 2 aliphatic carbocycles. The van der Waals surface area contributed by atoms with E-state index in [2.05, 4.69) is 42.6 Å². The lowest BCUT2D eigenvalue weighted by Gasteiger charge is -2.29. The molecule has 2 nitrogen and oxygen atoms in total. The summed E-state index contributed by atoms with van der Waals surface area (Å²) in [7, 11) is 0. The first-order chi connectivity index (χ1) is 10.3. The van der Waals surface area contributed by atoms with Crippen LogP contribution in [0.15, 0.2) is 35.3 Å². The van der Waals surface area contributed by atoms with E-state index in [4.69, 9.17) is 4.99 Å². The molecule has 0 radical (unpaired) electrons. The van der Waals surface area contributed by atoms with Crippen molar-refractivity contribution in [2.75, 3.05) is 6.54 Å². The first-order valence-electron chi connectivity index (χ1n) is 8.32. The molecule has 2 saturated carbocycles. The Bertz CT molecular complexity index is 527. The molecular weight excluding hydrogens is 276 g/mol. The monoisotopic (exact) mass is 300 g/mol. The Balaban J connectivity index is 1.34. The van der Waals surface area contributed by atoms with Gasteiger partial charge in [0.25, 0.3) is 0 Å². The Morgan fingerprint density at radius 1 is 1.19 bits per heavy atom. The van der Waals surface area contributed by atoms with Crippen molar-refractivity contribution in [1.82, 2.24) is 5.32 Å². The molecule has 3 heteroatoms. The molecule has 21 heavy (non-hydrogen) atoms. The normalized spacial score (nSPS) is 35.8. The number of fused-ring (bicyclic) bond motifs is 2. The number of nitrogens with one attached hydrogen (secondary N) is 1. The Morgan fingerprint density at radius 2 is 2.05 bits per heavy atom. The van der Waals surface area contributed by atoms with Crippen LogP contribution >= 0.6 is 11.8 Å². The lowest BCUT2D eigenvalue weighted by molar-refractivity contribution is 0.279. The Hall–Kier alpha value is -0.960. The summed E-state index contributed by atoms with van der Waals surface area (Å²) in [5, 5.41) is 5.39. The van der Waals surface area contributed by atoms with Gasteiger partial charge in [-0.15, -0.1) is 0 Å². The summed E-state index contributed by atoms with van der Waals surface area (Å²) in [6.45, 7) is 3.28. The van der Waals surface area contributed by atoms with Crippen LogP contribution < -0.4 is 5.32 Å². The molecule has 1 heterocycles. The van der Waals surface area contributed by atoms with Crippen LogP contribution in [0.5, 0.6) is 0 Å². The number of hydrogen-bond donors (Lipinski definition) is 1. The van der Waals surface area contributed by atoms with Gasteiger partial charge in [0.05, 0.1) is 11.8 Å². The molecular formula is C18H24N2S. The van der Waals surface area contributed by atoms with Crippen molar-refractivity contribution in [2.45, 2.75) is 43.9 Å². The van der Waals surface area contributed by atoms with Crippen molar-refractivity contribution >= 4 is 16.9 Å². The molecule has 2 bridgehead atoms. The smallest absolute Gasteiger partial charge is 0.157 e. The van der Waals surface area contributed by atoms with Crippen LogP contribution in [0, 0.1) is 17.8 Å². The summed E-state index contributed by atoms with van der Waals surface area (Å²) >= 11 is 1.91. The maximum absolute atomic E-state index is 4.74. The zero-order chi connectivity index (χ0) is 14.2. The topological polar surface area (TPSA) is 24.4 Å². The number of hydrogen-bond acceptors (Lipinski definition) is 3. The van der Waals surface area contributed by atoms with Crippen molar-refractivity contribution in [1.29, 1.82) is 0 Å². The quantitative estimate of drug-likeness (QED) is 0.902. The van der Waals surface area contributed by atoms with E-state index in [1.165, 1.54) is 36.4 Å². The number of amidine groups is 1. The van der Waals surface area contributed by atoms with Gasteiger partial charge in [0.1, 0.15) is 0 Å². The third kappa shape index (κ3) is 2.73. The average molecular weight is 300 g/mol. The lowest BCUT2D eigenvalue weighted by Crippen LogP contribution is -2.38. The fourth-order valence-corrected chi connectivity index (χ4v) is 5.62. The number of rotatable bonds is 3. The first kappa shape index (κ1) is 13.7. The molecule has 112 valence electrons. The molecule has 2 fully saturated rings. The molecule has 0 aromatic heterocycles. The van der Waals surface area contributed by atoms with Gasteiger partial charge in [0, 0.05) is 6.04 Å². The van der Waals surface area contributed by atoms with Crippen LogP contribution in [-0.2, 0) is 0 Å². The third-order valence-electron chi connectivity index (χ3n) is 5.61. The largest absolute Gasteiger partial charge is 0.362 e. The number of aliphatic imine (C=N–C) groups is 1. The van der Waals surface area contributed by atoms with E-state index < -0.39 is 0 Å². The van der Waals surface area contributed by atoms with E-state index in [0.717, 1.165) is 24.3 Å². The van der Waals surface area contributed by atoms with Crippen LogP contribution in [0.1, 0.15) is 43.4 Å². The van der Waals surface area contributed by atoms with Gasteiger partial charge in [-0.05, 0) is 49.5 Å². The summed E-state index contributed by atoms with van der Waals surface area (Å²) in [5.74, 6) is 2.89. The predicted octanol–water partition coefficient (Wildman–Crippen LogP) is 4.24. The molecule has 4 rings (SSSR count). The maximum atomic E-state index is 4.74. The molecule has 5 unspecified atom stereocenters. The summed E-state index contributed by atoms with van der Waals surface area (Å²) < 4.78 is 0. The van der Waals surface area contributed by atoms with E-state index in [-0.39, 0.29) is 0 Å². The SMILES string of the molecule is CC(NC1=NCC(c2ccccc2)S1)C1CC2CCC1C2. The highest BCUT2D eigenvalue weighted by atomic mass is 32.2. The molecule has 5 atom stereocenters. The van der Waals surface area contributed by atoms with Gasteiger partial charge < -0.3 is 5.32 Å². The van der Waals surface area contributed by atoms with Gasteiger partial charge in [0.15, 0.2) is 5.17 Å². The zero-order valence-corrected chi connectivity index (χ0v) is 13.5. The van der Waals surface area contributed by atoms with Crippen LogP contribution in [-0.4, -0.2) is 17.8 Å². The minimum absolute atomic E-state index is 0.501. The van der Waals surface area contributed by atoms with E-state index in [0.29, 0.717) is 11.3 Å². The Labute approximate surface area is 131 Å². The van der Waals surface area contributed by atoms with E-state index in [9.17, 15) is 0 Å². The second-order valence-electron chi connectivity index (χ2n) is 6.93. The van der Waals surface area contributed by atoms with Gasteiger partial charge in [-0.25, -0.2) is 0 Å². The number of thioether (sulfide) groups is 1. The van der Waals surface area contributed by atoms with Gasteiger partial charge >= 0.3 is 0 Å². The molecule has 0 amide bonds. The van der Waals surface area contributed by atoms with Crippen LogP contribution in [0.25, 0.3) is 0 Å². The Kier molecular flexibility index (Phi) is 3.70. The van der Waals surface area contributed by atoms with Crippen LogP contribution in [0.4, 0.5) is 0 Å². The van der Waals surface area contributed by atoms with Crippen molar-refractivity contribution < 1.29 is 0 Å². The average Bonchev–Trinajstić information content (AvgIpc) is 3.24. The minimum Gasteiger partial charge on any atom is -0.362 e. The summed E-state index contributed by atoms with van der Waals surface area (Å²) in [6, 6.07) is 11.4. The van der Waals surface area contributed by atoms with Crippen LogP contribution in [0.2, 0.25) is 0 Å². The predicted molar refractivity (Wildman–Crippen MR) is 90.6 cm³/mol. The standard InChI is InChI=1S/C18H24N2S/c1-12(16-10-13-7-8-15(16)9-13)20-18-19-11-17(21-18)14-5-3-2-4-6-14/h2-6,12-13,15-17H,7-11H2,1H3,(H,19,20). The first-order valence-corrected chi connectivity index (χ1v) is 9.20. The number of nitrogens with zero attached hydrogens (tertiary/aromatic N) is 1. The summed E-state index contributed by atoms with van der Waals surface area (Å²) in [4.78, 5) is 4.74. The minimum atomic E-state index is 0.501. The van der Waals surface area contributed by atoms with E-state index >= 15 is 0 Å². The molecule has 0 saturated heterocycles. The van der Waals surface area contributed by atoms with Crippen LogP contribution in [0.3, 0.4) is 0 Å². The number of benzene rings is 1. The van der Waals surface area contributed by atoms with Crippen molar-refractivity contribution in [3.05, 3.63) is 35.9 Å². The molecule has 0 spiro atoms. The summed E-state index contributed by atoms with van der Waals surface area (Å²) in [6.07, 6.45) is 5.88. The highest BCUT2D eigenvalue weighted by Crippen LogP contribution is 2.49. The molecule has 1 N–H and O–H groups in total. The van der Waals surface area contributed by atoms with Gasteiger partial charge in [-0.3, -0.25) is 4.99 Å². The second-order valence-corrected chi connectivity index (χ2v) is 8.13. The van der Waals surface area contributed by atoms with Crippen molar-refractivity contribution in [3.63, 3.8) is 0 Å². The van der Waals surface area contributed by atoms with Gasteiger partial charge in [-0.2, -0.15) is 0 Å².